The van der Waals surface area contributed by atoms with Gasteiger partial charge in [-0.3, -0.25) is 4.79 Å². The summed E-state index contributed by atoms with van der Waals surface area (Å²) in [5, 5.41) is 10.8. The van der Waals surface area contributed by atoms with E-state index in [0.29, 0.717) is 24.6 Å². The van der Waals surface area contributed by atoms with Gasteiger partial charge in [0.2, 0.25) is 0 Å². The number of rotatable bonds is 10. The first-order chi connectivity index (χ1) is 14.5. The van der Waals surface area contributed by atoms with E-state index in [0.717, 1.165) is 48.8 Å². The molecule has 172 valence electrons. The molecule has 0 aliphatic carbocycles. The first-order valence-electron chi connectivity index (χ1n) is 10.8. The van der Waals surface area contributed by atoms with Crippen molar-refractivity contribution in [3.63, 3.8) is 0 Å². The van der Waals surface area contributed by atoms with Crippen molar-refractivity contribution >= 4 is 35.8 Å². The maximum atomic E-state index is 12.1. The molecule has 0 aliphatic rings. The third-order valence-corrected chi connectivity index (χ3v) is 5.00. The molecule has 0 bridgehead atoms. The zero-order chi connectivity index (χ0) is 21.9. The van der Waals surface area contributed by atoms with E-state index in [1.165, 1.54) is 0 Å². The lowest BCUT2D eigenvalue weighted by Crippen LogP contribution is -2.38. The van der Waals surface area contributed by atoms with Crippen LogP contribution in [0.2, 0.25) is 0 Å². The highest BCUT2D eigenvalue weighted by Crippen LogP contribution is 2.22. The van der Waals surface area contributed by atoms with Gasteiger partial charge in [0.1, 0.15) is 6.54 Å². The summed E-state index contributed by atoms with van der Waals surface area (Å²) in [4.78, 5) is 18.3. The Labute approximate surface area is 203 Å². The number of guanidine groups is 1. The SMILES string of the molecule is CCNC(=NCc1cc(C(CC)CC)no1)NCCc1cccc(C(=O)N(C)C)c1.I. The molecule has 0 saturated carbocycles. The molecule has 31 heavy (non-hydrogen) atoms. The highest BCUT2D eigenvalue weighted by atomic mass is 127. The fraction of sp³-hybridized carbons (Fsp3) is 0.522. The minimum absolute atomic E-state index is 0. The molecule has 0 atom stereocenters. The summed E-state index contributed by atoms with van der Waals surface area (Å²) in [5.41, 5.74) is 2.82. The monoisotopic (exact) mass is 541 g/mol. The molecule has 2 N–H and O–H groups in total. The topological polar surface area (TPSA) is 82.8 Å². The lowest BCUT2D eigenvalue weighted by atomic mass is 9.99. The van der Waals surface area contributed by atoms with E-state index in [4.69, 9.17) is 4.52 Å². The van der Waals surface area contributed by atoms with Crippen LogP contribution < -0.4 is 10.6 Å². The zero-order valence-electron chi connectivity index (χ0n) is 19.3. The Morgan fingerprint density at radius 3 is 2.55 bits per heavy atom. The Morgan fingerprint density at radius 1 is 1.16 bits per heavy atom. The van der Waals surface area contributed by atoms with Crippen molar-refractivity contribution in [3.8, 4) is 0 Å². The summed E-state index contributed by atoms with van der Waals surface area (Å²) in [6.07, 6.45) is 2.90. The van der Waals surface area contributed by atoms with Crippen molar-refractivity contribution in [2.45, 2.75) is 52.5 Å². The predicted molar refractivity (Wildman–Crippen MR) is 136 cm³/mol. The van der Waals surface area contributed by atoms with Crippen LogP contribution >= 0.6 is 24.0 Å². The molecule has 1 amide bonds. The Hall–Kier alpha value is -2.10. The fourth-order valence-corrected chi connectivity index (χ4v) is 3.24. The lowest BCUT2D eigenvalue weighted by molar-refractivity contribution is 0.0827. The maximum Gasteiger partial charge on any atom is 0.253 e. The van der Waals surface area contributed by atoms with Crippen molar-refractivity contribution in [2.75, 3.05) is 27.2 Å². The molecule has 1 aromatic carbocycles. The highest BCUT2D eigenvalue weighted by Gasteiger charge is 2.13. The van der Waals surface area contributed by atoms with E-state index in [1.54, 1.807) is 19.0 Å². The highest BCUT2D eigenvalue weighted by molar-refractivity contribution is 14.0. The Kier molecular flexibility index (Phi) is 12.2. The number of aliphatic imine (C=N–C) groups is 1. The third-order valence-electron chi connectivity index (χ3n) is 5.00. The first kappa shape index (κ1) is 26.9. The van der Waals surface area contributed by atoms with Gasteiger partial charge in [-0.05, 0) is 43.9 Å². The minimum Gasteiger partial charge on any atom is -0.359 e. The van der Waals surface area contributed by atoms with Crippen molar-refractivity contribution in [3.05, 3.63) is 52.9 Å². The maximum absolute atomic E-state index is 12.1. The molecule has 2 aromatic rings. The van der Waals surface area contributed by atoms with Crippen LogP contribution in [-0.4, -0.2) is 49.1 Å². The number of aromatic nitrogens is 1. The van der Waals surface area contributed by atoms with Crippen LogP contribution in [0.3, 0.4) is 0 Å². The van der Waals surface area contributed by atoms with Crippen LogP contribution in [0.4, 0.5) is 0 Å². The van der Waals surface area contributed by atoms with Crippen molar-refractivity contribution in [1.29, 1.82) is 0 Å². The minimum atomic E-state index is 0. The fourth-order valence-electron chi connectivity index (χ4n) is 3.24. The molecule has 0 spiro atoms. The Balaban J connectivity index is 0.00000480. The van der Waals surface area contributed by atoms with Gasteiger partial charge in [-0.1, -0.05) is 31.1 Å². The summed E-state index contributed by atoms with van der Waals surface area (Å²) in [7, 11) is 3.52. The summed E-state index contributed by atoms with van der Waals surface area (Å²) in [6.45, 7) is 8.29. The van der Waals surface area contributed by atoms with Crippen LogP contribution in [0.1, 0.15) is 66.9 Å². The van der Waals surface area contributed by atoms with Gasteiger partial charge in [0.25, 0.3) is 5.91 Å². The average molecular weight is 541 g/mol. The summed E-state index contributed by atoms with van der Waals surface area (Å²) >= 11 is 0. The van der Waals surface area contributed by atoms with Crippen molar-refractivity contribution < 1.29 is 9.32 Å². The molecular formula is C23H36IN5O2. The number of carbonyl (C=O) groups excluding carboxylic acids is 1. The first-order valence-corrected chi connectivity index (χ1v) is 10.8. The molecule has 0 fully saturated rings. The molecule has 8 heteroatoms. The Morgan fingerprint density at radius 2 is 1.90 bits per heavy atom. The number of amides is 1. The molecule has 1 heterocycles. The van der Waals surface area contributed by atoms with E-state index in [2.05, 4.69) is 34.6 Å². The largest absolute Gasteiger partial charge is 0.359 e. The average Bonchev–Trinajstić information content (AvgIpc) is 3.21. The van der Waals surface area contributed by atoms with Crippen molar-refractivity contribution in [2.24, 2.45) is 4.99 Å². The molecule has 0 saturated heterocycles. The van der Waals surface area contributed by atoms with Gasteiger partial charge in [-0.15, -0.1) is 24.0 Å². The van der Waals surface area contributed by atoms with Gasteiger partial charge >= 0.3 is 0 Å². The van der Waals surface area contributed by atoms with Gasteiger partial charge in [0, 0.05) is 44.7 Å². The second-order valence-electron chi connectivity index (χ2n) is 7.50. The lowest BCUT2D eigenvalue weighted by Gasteiger charge is -2.13. The number of hydrogen-bond donors (Lipinski definition) is 2. The molecule has 1 aromatic heterocycles. The van der Waals surface area contributed by atoms with E-state index >= 15 is 0 Å². The molecule has 7 nitrogen and oxygen atoms in total. The van der Waals surface area contributed by atoms with Crippen LogP contribution in [0, 0.1) is 0 Å². The molecule has 0 unspecified atom stereocenters. The van der Waals surface area contributed by atoms with E-state index in [1.807, 2.05) is 37.3 Å². The summed E-state index contributed by atoms with van der Waals surface area (Å²) < 4.78 is 5.46. The number of hydrogen-bond acceptors (Lipinski definition) is 4. The summed E-state index contributed by atoms with van der Waals surface area (Å²) in [5.74, 6) is 1.95. The second-order valence-corrected chi connectivity index (χ2v) is 7.50. The van der Waals surface area contributed by atoms with Crippen LogP contribution in [0.5, 0.6) is 0 Å². The molecular weight excluding hydrogens is 505 g/mol. The molecule has 0 aliphatic heterocycles. The van der Waals surface area contributed by atoms with Gasteiger partial charge in [0.05, 0.1) is 5.69 Å². The van der Waals surface area contributed by atoms with Crippen LogP contribution in [0.25, 0.3) is 0 Å². The standard InChI is InChI=1S/C23H35N5O2.HI/c1-6-18(7-2)21-15-20(30-27-21)16-26-23(24-8-3)25-13-12-17-10-9-11-19(14-17)22(29)28(4)5;/h9-11,14-15,18H,6-8,12-13,16H2,1-5H3,(H2,24,25,26);1H. The number of benzene rings is 1. The van der Waals surface area contributed by atoms with Gasteiger partial charge in [-0.25, -0.2) is 4.99 Å². The molecule has 0 radical (unpaired) electrons. The quantitative estimate of drug-likeness (QED) is 0.268. The van der Waals surface area contributed by atoms with E-state index in [-0.39, 0.29) is 29.9 Å². The van der Waals surface area contributed by atoms with Crippen LogP contribution in [0.15, 0.2) is 39.8 Å². The van der Waals surface area contributed by atoms with Crippen molar-refractivity contribution in [1.82, 2.24) is 20.7 Å². The second kappa shape index (κ2) is 14.1. The smallest absolute Gasteiger partial charge is 0.253 e. The third kappa shape index (κ3) is 8.51. The Bertz CT molecular complexity index is 831. The zero-order valence-corrected chi connectivity index (χ0v) is 21.6. The number of halogens is 1. The van der Waals surface area contributed by atoms with Gasteiger partial charge < -0.3 is 20.1 Å². The van der Waals surface area contributed by atoms with Gasteiger partial charge in [-0.2, -0.15) is 0 Å². The van der Waals surface area contributed by atoms with Crippen LogP contribution in [-0.2, 0) is 13.0 Å². The normalized spacial score (nSPS) is 11.2. The van der Waals surface area contributed by atoms with Gasteiger partial charge in [0.15, 0.2) is 11.7 Å². The number of nitrogens with zero attached hydrogens (tertiary/aromatic N) is 3. The summed E-state index contributed by atoms with van der Waals surface area (Å²) in [6, 6.07) is 9.76. The predicted octanol–water partition coefficient (Wildman–Crippen LogP) is 4.20. The van der Waals surface area contributed by atoms with E-state index < -0.39 is 0 Å². The van der Waals surface area contributed by atoms with E-state index in [9.17, 15) is 4.79 Å². The number of carbonyl (C=O) groups is 1. The molecule has 2 rings (SSSR count). The number of nitrogens with one attached hydrogen (secondary N) is 2.